The molecule has 7 heteroatoms. The van der Waals surface area contributed by atoms with Gasteiger partial charge in [0.05, 0.1) is 30.2 Å². The van der Waals surface area contributed by atoms with Crippen LogP contribution >= 0.6 is 22.7 Å². The summed E-state index contributed by atoms with van der Waals surface area (Å²) in [6, 6.07) is 14.1. The average molecular weight is 386 g/mol. The van der Waals surface area contributed by atoms with Crippen molar-refractivity contribution in [2.75, 3.05) is 31.6 Å². The molecule has 0 spiro atoms. The Morgan fingerprint density at radius 3 is 2.77 bits per heavy atom. The van der Waals surface area contributed by atoms with Gasteiger partial charge in [0.1, 0.15) is 0 Å². The summed E-state index contributed by atoms with van der Waals surface area (Å²) in [5.41, 5.74) is 1.97. The maximum Gasteiger partial charge on any atom is 0.227 e. The molecule has 134 valence electrons. The van der Waals surface area contributed by atoms with Crippen molar-refractivity contribution in [1.82, 2.24) is 9.88 Å². The van der Waals surface area contributed by atoms with E-state index in [2.05, 4.69) is 10.3 Å². The third-order valence-electron chi connectivity index (χ3n) is 4.13. The summed E-state index contributed by atoms with van der Waals surface area (Å²) < 4.78 is 5.30. The van der Waals surface area contributed by atoms with Crippen LogP contribution in [0.3, 0.4) is 0 Å². The number of benzene rings is 1. The normalized spacial score (nSPS) is 14.4. The largest absolute Gasteiger partial charge is 0.378 e. The summed E-state index contributed by atoms with van der Waals surface area (Å²) in [7, 11) is 0. The van der Waals surface area contributed by atoms with Gasteiger partial charge in [0.25, 0.3) is 0 Å². The van der Waals surface area contributed by atoms with Gasteiger partial charge in [-0.05, 0) is 24.3 Å². The number of thiophene rings is 1. The number of morpholine rings is 1. The highest BCUT2D eigenvalue weighted by Gasteiger charge is 2.18. The van der Waals surface area contributed by atoms with Crippen LogP contribution in [0.15, 0.2) is 47.8 Å². The fourth-order valence-electron chi connectivity index (χ4n) is 2.77. The molecule has 1 amide bonds. The Hall–Kier alpha value is -2.22. The van der Waals surface area contributed by atoms with Crippen LogP contribution in [0.1, 0.15) is 4.88 Å². The minimum Gasteiger partial charge on any atom is -0.378 e. The SMILES string of the molecule is O=C(Cc1ccc(-c2csc(Nc3ccccc3)n2)s1)N1CCOCC1. The molecule has 5 nitrogen and oxygen atoms in total. The Balaban J connectivity index is 1.40. The quantitative estimate of drug-likeness (QED) is 0.721. The second kappa shape index (κ2) is 7.99. The number of hydrogen-bond acceptors (Lipinski definition) is 6. The van der Waals surface area contributed by atoms with Gasteiger partial charge in [0.2, 0.25) is 5.91 Å². The number of carbonyl (C=O) groups is 1. The van der Waals surface area contributed by atoms with E-state index in [4.69, 9.17) is 4.74 Å². The van der Waals surface area contributed by atoms with E-state index in [1.54, 1.807) is 22.7 Å². The molecule has 3 aromatic rings. The summed E-state index contributed by atoms with van der Waals surface area (Å²) in [4.78, 5) is 21.1. The van der Waals surface area contributed by atoms with Gasteiger partial charge in [-0.25, -0.2) is 4.98 Å². The van der Waals surface area contributed by atoms with Crippen LogP contribution < -0.4 is 5.32 Å². The van der Waals surface area contributed by atoms with E-state index in [1.807, 2.05) is 52.7 Å². The minimum absolute atomic E-state index is 0.173. The molecule has 1 fully saturated rings. The predicted molar refractivity (Wildman–Crippen MR) is 106 cm³/mol. The molecular formula is C19H19N3O2S2. The number of rotatable bonds is 5. The van der Waals surface area contributed by atoms with Crippen molar-refractivity contribution in [2.24, 2.45) is 0 Å². The minimum atomic E-state index is 0.173. The van der Waals surface area contributed by atoms with Gasteiger partial charge >= 0.3 is 0 Å². The first-order chi connectivity index (χ1) is 12.8. The molecule has 1 aliphatic heterocycles. The standard InChI is InChI=1S/C19H19N3O2S2/c23-18(22-8-10-24-11-9-22)12-15-6-7-17(26-15)16-13-25-19(21-16)20-14-4-2-1-3-5-14/h1-7,13H,8-12H2,(H,20,21). The molecule has 26 heavy (non-hydrogen) atoms. The van der Waals surface area contributed by atoms with Gasteiger partial charge in [-0.3, -0.25) is 4.79 Å². The van der Waals surface area contributed by atoms with Crippen LogP contribution in [0.25, 0.3) is 10.6 Å². The number of ether oxygens (including phenoxy) is 1. The van der Waals surface area contributed by atoms with E-state index in [0.717, 1.165) is 26.3 Å². The average Bonchev–Trinajstić information content (AvgIpc) is 3.33. The zero-order valence-electron chi connectivity index (χ0n) is 14.2. The molecule has 1 N–H and O–H groups in total. The first-order valence-corrected chi connectivity index (χ1v) is 10.2. The number of amides is 1. The first-order valence-electron chi connectivity index (χ1n) is 8.50. The maximum absolute atomic E-state index is 12.4. The number of nitrogens with zero attached hydrogens (tertiary/aromatic N) is 2. The lowest BCUT2D eigenvalue weighted by Gasteiger charge is -2.26. The Kier molecular flexibility index (Phi) is 5.29. The molecular weight excluding hydrogens is 366 g/mol. The number of hydrogen-bond donors (Lipinski definition) is 1. The Bertz CT molecular complexity index is 870. The lowest BCUT2D eigenvalue weighted by molar-refractivity contribution is -0.134. The number of nitrogens with one attached hydrogen (secondary N) is 1. The van der Waals surface area contributed by atoms with E-state index in [-0.39, 0.29) is 5.91 Å². The summed E-state index contributed by atoms with van der Waals surface area (Å²) in [6.07, 6.45) is 0.448. The van der Waals surface area contributed by atoms with Crippen LogP contribution in [0.2, 0.25) is 0 Å². The summed E-state index contributed by atoms with van der Waals surface area (Å²) in [6.45, 7) is 2.66. The molecule has 0 bridgehead atoms. The highest BCUT2D eigenvalue weighted by molar-refractivity contribution is 7.17. The van der Waals surface area contributed by atoms with Crippen LogP contribution in [0.4, 0.5) is 10.8 Å². The van der Waals surface area contributed by atoms with Crippen molar-refractivity contribution in [3.63, 3.8) is 0 Å². The van der Waals surface area contributed by atoms with Gasteiger partial charge in [0, 0.05) is 29.0 Å². The molecule has 0 radical (unpaired) electrons. The summed E-state index contributed by atoms with van der Waals surface area (Å²) in [5, 5.41) is 6.23. The van der Waals surface area contributed by atoms with Crippen LogP contribution in [-0.4, -0.2) is 42.1 Å². The van der Waals surface area contributed by atoms with Crippen molar-refractivity contribution < 1.29 is 9.53 Å². The van der Waals surface area contributed by atoms with E-state index >= 15 is 0 Å². The van der Waals surface area contributed by atoms with Crippen molar-refractivity contribution in [3.05, 3.63) is 52.7 Å². The molecule has 2 aromatic heterocycles. The Morgan fingerprint density at radius 1 is 1.15 bits per heavy atom. The van der Waals surface area contributed by atoms with Crippen LogP contribution in [-0.2, 0) is 16.0 Å². The van der Waals surface area contributed by atoms with Crippen molar-refractivity contribution in [2.45, 2.75) is 6.42 Å². The van der Waals surface area contributed by atoms with Gasteiger partial charge in [-0.1, -0.05) is 18.2 Å². The van der Waals surface area contributed by atoms with Gasteiger partial charge in [-0.15, -0.1) is 22.7 Å². The molecule has 0 unspecified atom stereocenters. The van der Waals surface area contributed by atoms with Crippen molar-refractivity contribution >= 4 is 39.4 Å². The van der Waals surface area contributed by atoms with Crippen molar-refractivity contribution in [1.29, 1.82) is 0 Å². The molecule has 0 atom stereocenters. The molecule has 1 saturated heterocycles. The van der Waals surface area contributed by atoms with Gasteiger partial charge in [0.15, 0.2) is 5.13 Å². The summed E-state index contributed by atoms with van der Waals surface area (Å²) in [5.74, 6) is 0.173. The fourth-order valence-corrected chi connectivity index (χ4v) is 4.54. The molecule has 0 saturated carbocycles. The second-order valence-corrected chi connectivity index (χ2v) is 7.99. The van der Waals surface area contributed by atoms with Crippen LogP contribution in [0.5, 0.6) is 0 Å². The van der Waals surface area contributed by atoms with E-state index in [0.29, 0.717) is 32.7 Å². The number of thiazole rings is 1. The Morgan fingerprint density at radius 2 is 1.96 bits per heavy atom. The van der Waals surface area contributed by atoms with E-state index in [9.17, 15) is 4.79 Å². The van der Waals surface area contributed by atoms with Crippen LogP contribution in [0, 0.1) is 0 Å². The lowest BCUT2D eigenvalue weighted by atomic mass is 10.3. The number of para-hydroxylation sites is 1. The third kappa shape index (κ3) is 4.12. The number of aromatic nitrogens is 1. The topological polar surface area (TPSA) is 54.5 Å². The van der Waals surface area contributed by atoms with E-state index < -0.39 is 0 Å². The summed E-state index contributed by atoms with van der Waals surface area (Å²) >= 11 is 3.22. The zero-order chi connectivity index (χ0) is 17.8. The Labute approximate surface area is 160 Å². The first kappa shape index (κ1) is 17.2. The predicted octanol–water partition coefficient (Wildman–Crippen LogP) is 4.02. The molecule has 1 aliphatic rings. The van der Waals surface area contributed by atoms with E-state index in [1.165, 1.54) is 0 Å². The maximum atomic E-state index is 12.4. The zero-order valence-corrected chi connectivity index (χ0v) is 15.8. The third-order valence-corrected chi connectivity index (χ3v) is 6.00. The number of anilines is 2. The molecule has 3 heterocycles. The molecule has 4 rings (SSSR count). The fraction of sp³-hybridized carbons (Fsp3) is 0.263. The molecule has 0 aliphatic carbocycles. The highest BCUT2D eigenvalue weighted by Crippen LogP contribution is 2.32. The smallest absolute Gasteiger partial charge is 0.227 e. The van der Waals surface area contributed by atoms with Gasteiger partial charge < -0.3 is 15.0 Å². The number of carbonyl (C=O) groups excluding carboxylic acids is 1. The van der Waals surface area contributed by atoms with Gasteiger partial charge in [-0.2, -0.15) is 0 Å². The molecule has 1 aromatic carbocycles. The lowest BCUT2D eigenvalue weighted by Crippen LogP contribution is -2.41. The monoisotopic (exact) mass is 385 g/mol. The van der Waals surface area contributed by atoms with Crippen molar-refractivity contribution in [3.8, 4) is 10.6 Å². The highest BCUT2D eigenvalue weighted by atomic mass is 32.1. The second-order valence-electron chi connectivity index (χ2n) is 5.96.